The summed E-state index contributed by atoms with van der Waals surface area (Å²) in [7, 11) is -1.18. The van der Waals surface area contributed by atoms with Crippen LogP contribution in [-0.2, 0) is 9.84 Å². The van der Waals surface area contributed by atoms with Gasteiger partial charge in [-0.15, -0.1) is 11.8 Å². The largest absolute Gasteiger partial charge is 0.325 e. The number of anilines is 1. The van der Waals surface area contributed by atoms with Crippen molar-refractivity contribution in [2.24, 2.45) is 0 Å². The minimum absolute atomic E-state index is 0.0158. The lowest BCUT2D eigenvalue weighted by Gasteiger charge is -2.31. The normalized spacial score (nSPS) is 17.7. The van der Waals surface area contributed by atoms with Crippen LogP contribution < -0.4 is 5.32 Å². The van der Waals surface area contributed by atoms with Gasteiger partial charge in [0.15, 0.2) is 0 Å². The smallest absolute Gasteiger partial charge is 0.321 e. The molecule has 128 valence electrons. The van der Waals surface area contributed by atoms with E-state index in [9.17, 15) is 13.2 Å². The highest BCUT2D eigenvalue weighted by Crippen LogP contribution is 2.22. The molecule has 23 heavy (non-hydrogen) atoms. The number of sulfone groups is 1. The second-order valence-corrected chi connectivity index (χ2v) is 9.27. The first kappa shape index (κ1) is 18.1. The Bertz CT molecular complexity index is 615. The molecule has 2 rings (SSSR count). The van der Waals surface area contributed by atoms with E-state index in [0.29, 0.717) is 12.8 Å². The fourth-order valence-corrected chi connectivity index (χ4v) is 4.73. The quantitative estimate of drug-likeness (QED) is 0.823. The maximum Gasteiger partial charge on any atom is 0.321 e. The van der Waals surface area contributed by atoms with Gasteiger partial charge in [0.1, 0.15) is 9.84 Å². The first-order valence-electron chi connectivity index (χ1n) is 7.88. The van der Waals surface area contributed by atoms with Crippen molar-refractivity contribution in [2.45, 2.75) is 37.1 Å². The highest BCUT2D eigenvalue weighted by atomic mass is 32.2. The van der Waals surface area contributed by atoms with E-state index in [4.69, 9.17) is 0 Å². The van der Waals surface area contributed by atoms with Crippen LogP contribution in [0, 0.1) is 0 Å². The predicted molar refractivity (Wildman–Crippen MR) is 95.9 cm³/mol. The van der Waals surface area contributed by atoms with Gasteiger partial charge in [-0.2, -0.15) is 0 Å². The van der Waals surface area contributed by atoms with Crippen LogP contribution in [0.15, 0.2) is 29.2 Å². The molecule has 0 aliphatic carbocycles. The van der Waals surface area contributed by atoms with E-state index in [-0.39, 0.29) is 23.6 Å². The molecule has 0 radical (unpaired) electrons. The molecule has 0 atom stereocenters. The van der Waals surface area contributed by atoms with Gasteiger partial charge < -0.3 is 10.2 Å². The monoisotopic (exact) mass is 356 g/mol. The van der Waals surface area contributed by atoms with Crippen LogP contribution in [0.4, 0.5) is 10.5 Å². The number of hydrogen-bond acceptors (Lipinski definition) is 4. The molecule has 0 unspecified atom stereocenters. The lowest BCUT2D eigenvalue weighted by Crippen LogP contribution is -2.44. The van der Waals surface area contributed by atoms with Crippen molar-refractivity contribution in [3.8, 4) is 0 Å². The Morgan fingerprint density at radius 2 is 1.87 bits per heavy atom. The van der Waals surface area contributed by atoms with E-state index in [2.05, 4.69) is 12.2 Å². The number of rotatable bonds is 5. The number of thioether (sulfide) groups is 1. The molecule has 1 aromatic rings. The highest BCUT2D eigenvalue weighted by Gasteiger charge is 2.28. The van der Waals surface area contributed by atoms with E-state index < -0.39 is 9.84 Å². The molecule has 1 fully saturated rings. The van der Waals surface area contributed by atoms with E-state index in [1.54, 1.807) is 23.7 Å². The van der Waals surface area contributed by atoms with Crippen LogP contribution in [-0.4, -0.2) is 49.7 Å². The molecule has 0 aromatic heterocycles. The molecule has 1 saturated heterocycles. The fraction of sp³-hybridized carbons (Fsp3) is 0.562. The van der Waals surface area contributed by atoms with Gasteiger partial charge >= 0.3 is 6.03 Å². The Balaban J connectivity index is 1.88. The third-order valence-electron chi connectivity index (χ3n) is 3.97. The highest BCUT2D eigenvalue weighted by molar-refractivity contribution is 7.99. The van der Waals surface area contributed by atoms with Gasteiger partial charge in [0.2, 0.25) is 0 Å². The molecule has 1 aliphatic heterocycles. The zero-order valence-corrected chi connectivity index (χ0v) is 15.3. The third kappa shape index (κ3) is 5.42. The van der Waals surface area contributed by atoms with Crippen molar-refractivity contribution in [1.29, 1.82) is 0 Å². The summed E-state index contributed by atoms with van der Waals surface area (Å²) in [6, 6.07) is 7.59. The Hall–Kier alpha value is -1.21. The Morgan fingerprint density at radius 3 is 2.43 bits per heavy atom. The van der Waals surface area contributed by atoms with Gasteiger partial charge in [-0.3, -0.25) is 0 Å². The summed E-state index contributed by atoms with van der Waals surface area (Å²) in [5.74, 6) is 1.41. The minimum Gasteiger partial charge on any atom is -0.325 e. The SMILES string of the molecule is CCCSc1ccc(NC(=O)N(C)C2CCS(=O)(=O)CC2)cc1. The summed E-state index contributed by atoms with van der Waals surface area (Å²) in [5, 5.41) is 2.87. The summed E-state index contributed by atoms with van der Waals surface area (Å²) in [6.07, 6.45) is 2.16. The first-order chi connectivity index (χ1) is 10.9. The summed E-state index contributed by atoms with van der Waals surface area (Å²) in [6.45, 7) is 2.15. The molecule has 1 N–H and O–H groups in total. The number of nitrogens with one attached hydrogen (secondary N) is 1. The molecular weight excluding hydrogens is 332 g/mol. The number of benzene rings is 1. The van der Waals surface area contributed by atoms with Crippen molar-refractivity contribution in [3.05, 3.63) is 24.3 Å². The molecule has 5 nitrogen and oxygen atoms in total. The van der Waals surface area contributed by atoms with Crippen LogP contribution in [0.1, 0.15) is 26.2 Å². The standard InChI is InChI=1S/C16H24N2O3S2/c1-3-10-22-15-6-4-13(5-7-15)17-16(19)18(2)14-8-11-23(20,21)12-9-14/h4-7,14H,3,8-12H2,1-2H3,(H,17,19). The molecule has 1 aromatic carbocycles. The van der Waals surface area contributed by atoms with Crippen molar-refractivity contribution in [1.82, 2.24) is 4.90 Å². The number of hydrogen-bond donors (Lipinski definition) is 1. The number of urea groups is 1. The summed E-state index contributed by atoms with van der Waals surface area (Å²) < 4.78 is 22.9. The van der Waals surface area contributed by atoms with Gasteiger partial charge in [-0.1, -0.05) is 6.92 Å². The average molecular weight is 357 g/mol. The Morgan fingerprint density at radius 1 is 1.26 bits per heavy atom. The molecule has 7 heteroatoms. The van der Waals surface area contributed by atoms with Crippen molar-refractivity contribution < 1.29 is 13.2 Å². The van der Waals surface area contributed by atoms with Crippen molar-refractivity contribution in [2.75, 3.05) is 29.6 Å². The first-order valence-corrected chi connectivity index (χ1v) is 10.7. The number of carbonyl (C=O) groups excluding carboxylic acids is 1. The van der Waals surface area contributed by atoms with Crippen LogP contribution in [0.3, 0.4) is 0 Å². The zero-order chi connectivity index (χ0) is 16.9. The lowest BCUT2D eigenvalue weighted by molar-refractivity contribution is 0.199. The zero-order valence-electron chi connectivity index (χ0n) is 13.6. The van der Waals surface area contributed by atoms with Gasteiger partial charge in [-0.25, -0.2) is 13.2 Å². The van der Waals surface area contributed by atoms with Crippen LogP contribution >= 0.6 is 11.8 Å². The molecule has 0 bridgehead atoms. The molecule has 1 heterocycles. The topological polar surface area (TPSA) is 66.5 Å². The second kappa shape index (κ2) is 8.06. The van der Waals surface area contributed by atoms with Crippen LogP contribution in [0.25, 0.3) is 0 Å². The number of nitrogens with zero attached hydrogens (tertiary/aromatic N) is 1. The van der Waals surface area contributed by atoms with E-state index in [1.807, 2.05) is 24.3 Å². The van der Waals surface area contributed by atoms with E-state index in [0.717, 1.165) is 17.9 Å². The Kier molecular flexibility index (Phi) is 6.35. The van der Waals surface area contributed by atoms with Gasteiger partial charge in [0, 0.05) is 23.7 Å². The van der Waals surface area contributed by atoms with Gasteiger partial charge in [-0.05, 0) is 49.3 Å². The fourth-order valence-electron chi connectivity index (χ4n) is 2.50. The molecule has 0 saturated carbocycles. The predicted octanol–water partition coefficient (Wildman–Crippen LogP) is 3.23. The number of carbonyl (C=O) groups is 1. The summed E-state index contributed by atoms with van der Waals surface area (Å²) in [5.41, 5.74) is 0.756. The summed E-state index contributed by atoms with van der Waals surface area (Å²) in [4.78, 5) is 15.1. The number of amides is 2. The van der Waals surface area contributed by atoms with E-state index in [1.165, 1.54) is 4.90 Å². The maximum atomic E-state index is 12.3. The molecular formula is C16H24N2O3S2. The van der Waals surface area contributed by atoms with Crippen molar-refractivity contribution in [3.63, 3.8) is 0 Å². The van der Waals surface area contributed by atoms with Gasteiger partial charge in [0.05, 0.1) is 11.5 Å². The van der Waals surface area contributed by atoms with Crippen LogP contribution in [0.2, 0.25) is 0 Å². The second-order valence-electron chi connectivity index (χ2n) is 5.80. The Labute approximate surface area is 142 Å². The van der Waals surface area contributed by atoms with E-state index >= 15 is 0 Å². The summed E-state index contributed by atoms with van der Waals surface area (Å²) >= 11 is 1.80. The molecule has 0 spiro atoms. The third-order valence-corrected chi connectivity index (χ3v) is 6.90. The van der Waals surface area contributed by atoms with Crippen LogP contribution in [0.5, 0.6) is 0 Å². The lowest BCUT2D eigenvalue weighted by atomic mass is 10.1. The average Bonchev–Trinajstić information content (AvgIpc) is 2.53. The maximum absolute atomic E-state index is 12.3. The van der Waals surface area contributed by atoms with Gasteiger partial charge in [0.25, 0.3) is 0 Å². The minimum atomic E-state index is -2.91. The molecule has 1 aliphatic rings. The van der Waals surface area contributed by atoms with Crippen molar-refractivity contribution >= 4 is 33.3 Å². The molecule has 2 amide bonds.